The molecular formula is C22H22F3N3O4S. The fourth-order valence-corrected chi connectivity index (χ4v) is 6.77. The van der Waals surface area contributed by atoms with Gasteiger partial charge in [0.25, 0.3) is 5.91 Å². The number of carbonyl (C=O) groups is 1. The molecule has 2 aliphatic heterocycles. The van der Waals surface area contributed by atoms with E-state index in [1.54, 1.807) is 4.90 Å². The van der Waals surface area contributed by atoms with Crippen LogP contribution in [0, 0.1) is 0 Å². The molecule has 0 unspecified atom stereocenters. The first-order valence-corrected chi connectivity index (χ1v) is 12.6. The van der Waals surface area contributed by atoms with E-state index in [2.05, 4.69) is 14.7 Å². The molecule has 1 saturated carbocycles. The summed E-state index contributed by atoms with van der Waals surface area (Å²) < 4.78 is 65.3. The fourth-order valence-electron chi connectivity index (χ4n) is 4.62. The van der Waals surface area contributed by atoms with Gasteiger partial charge in [-0.1, -0.05) is 6.07 Å². The van der Waals surface area contributed by atoms with Crippen LogP contribution in [0.2, 0.25) is 0 Å². The average Bonchev–Trinajstić information content (AvgIpc) is 3.54. The largest absolute Gasteiger partial charge is 0.573 e. The number of sulfone groups is 1. The number of amides is 1. The molecule has 1 amide bonds. The Morgan fingerprint density at radius 1 is 1.12 bits per heavy atom. The van der Waals surface area contributed by atoms with Gasteiger partial charge in [0.15, 0.2) is 9.84 Å². The number of likely N-dealkylation sites (tertiary alicyclic amines) is 1. The maximum atomic E-state index is 12.7. The molecule has 1 aromatic heterocycles. The van der Waals surface area contributed by atoms with Crippen molar-refractivity contribution in [1.29, 1.82) is 0 Å². The number of halogens is 3. The lowest BCUT2D eigenvalue weighted by Crippen LogP contribution is -2.74. The summed E-state index contributed by atoms with van der Waals surface area (Å²) in [6, 6.07) is 4.73. The number of benzene rings is 1. The quantitative estimate of drug-likeness (QED) is 0.630. The number of ether oxygens (including phenoxy) is 1. The Bertz CT molecular complexity index is 1180. The summed E-state index contributed by atoms with van der Waals surface area (Å²) in [5, 5.41) is 0. The molecule has 33 heavy (non-hydrogen) atoms. The van der Waals surface area contributed by atoms with E-state index in [-0.39, 0.29) is 29.1 Å². The molecule has 7 nitrogen and oxygen atoms in total. The van der Waals surface area contributed by atoms with E-state index in [0.29, 0.717) is 42.8 Å². The van der Waals surface area contributed by atoms with Gasteiger partial charge in [-0.3, -0.25) is 4.79 Å². The number of alkyl halides is 3. The van der Waals surface area contributed by atoms with E-state index in [4.69, 9.17) is 0 Å². The number of rotatable bonds is 6. The minimum Gasteiger partial charge on any atom is -0.406 e. The zero-order valence-corrected chi connectivity index (χ0v) is 18.5. The van der Waals surface area contributed by atoms with Gasteiger partial charge in [-0.2, -0.15) is 0 Å². The highest BCUT2D eigenvalue weighted by Gasteiger charge is 2.59. The van der Waals surface area contributed by atoms with E-state index < -0.39 is 21.7 Å². The van der Waals surface area contributed by atoms with E-state index >= 15 is 0 Å². The summed E-state index contributed by atoms with van der Waals surface area (Å²) in [7, 11) is -3.05. The highest BCUT2D eigenvalue weighted by Crippen LogP contribution is 2.43. The maximum absolute atomic E-state index is 12.7. The molecule has 0 radical (unpaired) electrons. The molecule has 1 spiro atoms. The molecule has 11 heteroatoms. The molecule has 1 aliphatic carbocycles. The molecule has 0 bridgehead atoms. The van der Waals surface area contributed by atoms with Crippen molar-refractivity contribution in [2.45, 2.75) is 49.9 Å². The van der Waals surface area contributed by atoms with Gasteiger partial charge >= 0.3 is 6.36 Å². The van der Waals surface area contributed by atoms with E-state index in [1.807, 2.05) is 6.07 Å². The van der Waals surface area contributed by atoms with Crippen molar-refractivity contribution in [3.63, 3.8) is 0 Å². The van der Waals surface area contributed by atoms with E-state index in [1.165, 1.54) is 24.5 Å². The van der Waals surface area contributed by atoms with Crippen LogP contribution < -0.4 is 4.74 Å². The Morgan fingerprint density at radius 2 is 1.82 bits per heavy atom. The number of hydrogen-bond donors (Lipinski definition) is 0. The summed E-state index contributed by atoms with van der Waals surface area (Å²) in [6.45, 7) is 0.510. The van der Waals surface area contributed by atoms with Crippen LogP contribution in [-0.4, -0.2) is 59.1 Å². The normalized spacial score (nSPS) is 20.8. The topological polar surface area (TPSA) is 89.5 Å². The lowest BCUT2D eigenvalue weighted by atomic mass is 9.87. The highest BCUT2D eigenvalue weighted by molar-refractivity contribution is 7.93. The predicted molar refractivity (Wildman–Crippen MR) is 112 cm³/mol. The third-order valence-electron chi connectivity index (χ3n) is 6.46. The summed E-state index contributed by atoms with van der Waals surface area (Å²) in [5.41, 5.74) is 1.27. The Hall–Kier alpha value is -2.69. The molecule has 3 heterocycles. The van der Waals surface area contributed by atoms with Crippen LogP contribution in [0.25, 0.3) is 0 Å². The van der Waals surface area contributed by atoms with Gasteiger partial charge in [-0.25, -0.2) is 18.4 Å². The Morgan fingerprint density at radius 3 is 2.36 bits per heavy atom. The smallest absolute Gasteiger partial charge is 0.406 e. The van der Waals surface area contributed by atoms with Gasteiger partial charge in [0, 0.05) is 25.4 Å². The molecule has 1 aromatic carbocycles. The van der Waals surface area contributed by atoms with E-state index in [0.717, 1.165) is 18.4 Å². The Labute approximate surface area is 188 Å². The average molecular weight is 481 g/mol. The molecule has 0 atom stereocenters. The van der Waals surface area contributed by atoms with E-state index in [9.17, 15) is 26.4 Å². The van der Waals surface area contributed by atoms with Gasteiger partial charge < -0.3 is 9.64 Å². The van der Waals surface area contributed by atoms with Crippen molar-refractivity contribution < 1.29 is 31.1 Å². The second-order valence-electron chi connectivity index (χ2n) is 9.08. The molecule has 2 saturated heterocycles. The zero-order chi connectivity index (χ0) is 23.4. The number of aromatic nitrogens is 2. The number of hydrogen-bond acceptors (Lipinski definition) is 6. The third-order valence-corrected chi connectivity index (χ3v) is 8.41. The predicted octanol–water partition coefficient (Wildman–Crippen LogP) is 3.05. The lowest BCUT2D eigenvalue weighted by Gasteiger charge is -2.57. The first kappa shape index (κ1) is 22.1. The van der Waals surface area contributed by atoms with Crippen LogP contribution in [-0.2, 0) is 22.7 Å². The van der Waals surface area contributed by atoms with Gasteiger partial charge in [-0.15, -0.1) is 13.2 Å². The van der Waals surface area contributed by atoms with Crippen LogP contribution >= 0.6 is 0 Å². The van der Waals surface area contributed by atoms with Gasteiger partial charge in [0.2, 0.25) is 0 Å². The van der Waals surface area contributed by atoms with Crippen LogP contribution in [0.15, 0.2) is 30.6 Å². The van der Waals surface area contributed by atoms with Crippen molar-refractivity contribution in [2.75, 3.05) is 18.1 Å². The molecule has 176 valence electrons. The van der Waals surface area contributed by atoms with Gasteiger partial charge in [-0.05, 0) is 54.9 Å². The first-order valence-electron chi connectivity index (χ1n) is 10.7. The zero-order valence-electron chi connectivity index (χ0n) is 17.6. The Kier molecular flexibility index (Phi) is 5.15. The molecular weight excluding hydrogens is 459 g/mol. The van der Waals surface area contributed by atoms with Crippen molar-refractivity contribution in [3.05, 3.63) is 53.1 Å². The molecule has 3 aliphatic rings. The van der Waals surface area contributed by atoms with Crippen molar-refractivity contribution in [2.24, 2.45) is 0 Å². The second-order valence-corrected chi connectivity index (χ2v) is 11.1. The molecule has 0 N–H and O–H groups in total. The highest BCUT2D eigenvalue weighted by atomic mass is 32.2. The van der Waals surface area contributed by atoms with Crippen LogP contribution in [0.3, 0.4) is 0 Å². The summed E-state index contributed by atoms with van der Waals surface area (Å²) in [4.78, 5) is 22.8. The maximum Gasteiger partial charge on any atom is 0.573 e. The minimum atomic E-state index is -4.75. The van der Waals surface area contributed by atoms with Crippen LogP contribution in [0.1, 0.15) is 52.5 Å². The van der Waals surface area contributed by atoms with Crippen molar-refractivity contribution in [3.8, 4) is 5.75 Å². The summed E-state index contributed by atoms with van der Waals surface area (Å²) in [5.74, 6) is 0.248. The Balaban J connectivity index is 1.23. The molecule has 3 fully saturated rings. The lowest BCUT2D eigenvalue weighted by molar-refractivity contribution is -0.274. The second kappa shape index (κ2) is 7.68. The number of carbonyl (C=O) groups excluding carboxylic acids is 1. The summed E-state index contributed by atoms with van der Waals surface area (Å²) >= 11 is 0. The number of nitrogens with zero attached hydrogens (tertiary/aromatic N) is 3. The SMILES string of the molecule is O=C(c1cnc(CCc2cc(OC(F)(F)F)cc(C3CC3)c2)nc1)N1CCC12CS(=O)(=O)C2. The minimum absolute atomic E-state index is 0.00461. The van der Waals surface area contributed by atoms with Crippen molar-refractivity contribution >= 4 is 15.7 Å². The van der Waals surface area contributed by atoms with Crippen molar-refractivity contribution in [1.82, 2.24) is 14.9 Å². The standard InChI is InChI=1S/C22H22F3N3O4S/c23-22(24,25)32-18-8-14(7-16(9-18)15-2-3-15)1-4-19-26-10-17(11-27-19)20(29)28-6-5-21(28)12-33(30,31)13-21/h7-11,15H,1-6,12-13H2. The fraction of sp³-hybridized carbons (Fsp3) is 0.500. The molecule has 5 rings (SSSR count). The van der Waals surface area contributed by atoms with Crippen LogP contribution in [0.4, 0.5) is 13.2 Å². The van der Waals surface area contributed by atoms with Crippen LogP contribution in [0.5, 0.6) is 5.75 Å². The number of aryl methyl sites for hydroxylation is 2. The third kappa shape index (κ3) is 4.68. The monoisotopic (exact) mass is 481 g/mol. The van der Waals surface area contributed by atoms with Gasteiger partial charge in [0.1, 0.15) is 11.6 Å². The molecule has 2 aromatic rings. The van der Waals surface area contributed by atoms with Gasteiger partial charge in [0.05, 0.1) is 22.6 Å². The summed E-state index contributed by atoms with van der Waals surface area (Å²) in [6.07, 6.45) is 1.50. The first-order chi connectivity index (χ1) is 15.5.